The number of sulfone groups is 1. The average molecular weight is 356 g/mol. The minimum Gasteiger partial charge on any atom is -0.394 e. The molecule has 0 saturated carbocycles. The number of hydrogen-bond acceptors (Lipinski definition) is 6. The Morgan fingerprint density at radius 1 is 1.25 bits per heavy atom. The fourth-order valence-electron chi connectivity index (χ4n) is 3.02. The molecule has 0 bridgehead atoms. The predicted octanol–water partition coefficient (Wildman–Crippen LogP) is 0.524. The molecular formula is C17H24O6S. The fourth-order valence-corrected chi connectivity index (χ4v) is 4.70. The van der Waals surface area contributed by atoms with Gasteiger partial charge in [-0.3, -0.25) is 0 Å². The Labute approximate surface area is 142 Å². The van der Waals surface area contributed by atoms with E-state index in [1.54, 1.807) is 24.3 Å². The van der Waals surface area contributed by atoms with Gasteiger partial charge in [-0.2, -0.15) is 0 Å². The number of aliphatic hydroxyl groups excluding tert-OH is 3. The molecular weight excluding hydrogens is 332 g/mol. The van der Waals surface area contributed by atoms with Gasteiger partial charge in [-0.25, -0.2) is 8.42 Å². The summed E-state index contributed by atoms with van der Waals surface area (Å²) in [7, 11) is -3.57. The van der Waals surface area contributed by atoms with E-state index in [9.17, 15) is 18.6 Å². The van der Waals surface area contributed by atoms with Crippen LogP contribution in [0.3, 0.4) is 0 Å². The Morgan fingerprint density at radius 3 is 2.50 bits per heavy atom. The monoisotopic (exact) mass is 356 g/mol. The Hall–Kier alpha value is -1.25. The lowest BCUT2D eigenvalue weighted by Crippen LogP contribution is -2.35. The minimum absolute atomic E-state index is 0.0488. The van der Waals surface area contributed by atoms with Gasteiger partial charge in [-0.15, -0.1) is 6.58 Å². The molecule has 0 radical (unpaired) electrons. The first-order valence-electron chi connectivity index (χ1n) is 7.90. The normalized spacial score (nSPS) is 28.6. The second-order valence-electron chi connectivity index (χ2n) is 6.06. The van der Waals surface area contributed by atoms with Crippen molar-refractivity contribution >= 4 is 9.84 Å². The van der Waals surface area contributed by atoms with E-state index < -0.39 is 46.8 Å². The van der Waals surface area contributed by atoms with Crippen molar-refractivity contribution in [3.8, 4) is 0 Å². The second kappa shape index (κ2) is 8.22. The lowest BCUT2D eigenvalue weighted by molar-refractivity contribution is -0.0289. The van der Waals surface area contributed by atoms with Crippen molar-refractivity contribution in [3.63, 3.8) is 0 Å². The van der Waals surface area contributed by atoms with Gasteiger partial charge in [0.2, 0.25) is 0 Å². The van der Waals surface area contributed by atoms with Crippen molar-refractivity contribution < 1.29 is 28.5 Å². The molecule has 5 atom stereocenters. The highest BCUT2D eigenvalue weighted by molar-refractivity contribution is 7.91. The van der Waals surface area contributed by atoms with Crippen molar-refractivity contribution in [2.24, 2.45) is 5.92 Å². The number of rotatable bonds is 8. The highest BCUT2D eigenvalue weighted by Gasteiger charge is 2.45. The lowest BCUT2D eigenvalue weighted by Gasteiger charge is -2.20. The number of benzene rings is 1. The quantitative estimate of drug-likeness (QED) is 0.587. The van der Waals surface area contributed by atoms with Gasteiger partial charge < -0.3 is 20.1 Å². The van der Waals surface area contributed by atoms with Crippen LogP contribution in [0.1, 0.15) is 12.8 Å². The summed E-state index contributed by atoms with van der Waals surface area (Å²) in [6.45, 7) is 3.20. The Bertz CT molecular complexity index is 630. The van der Waals surface area contributed by atoms with Gasteiger partial charge in [0, 0.05) is 12.3 Å². The molecule has 1 saturated heterocycles. The summed E-state index contributed by atoms with van der Waals surface area (Å²) in [4.78, 5) is 0.202. The van der Waals surface area contributed by atoms with Crippen LogP contribution in [0.15, 0.2) is 47.9 Å². The van der Waals surface area contributed by atoms with Gasteiger partial charge in [-0.05, 0) is 18.6 Å². The van der Waals surface area contributed by atoms with Gasteiger partial charge >= 0.3 is 0 Å². The molecule has 0 amide bonds. The van der Waals surface area contributed by atoms with Crippen molar-refractivity contribution in [3.05, 3.63) is 43.0 Å². The second-order valence-corrected chi connectivity index (χ2v) is 8.09. The van der Waals surface area contributed by atoms with Crippen LogP contribution in [0.5, 0.6) is 0 Å². The zero-order chi connectivity index (χ0) is 17.7. The molecule has 7 heteroatoms. The van der Waals surface area contributed by atoms with Gasteiger partial charge in [-0.1, -0.05) is 24.3 Å². The highest BCUT2D eigenvalue weighted by Crippen LogP contribution is 2.34. The Balaban J connectivity index is 2.18. The summed E-state index contributed by atoms with van der Waals surface area (Å²) in [5.41, 5.74) is 0. The van der Waals surface area contributed by atoms with Crippen LogP contribution in [-0.2, 0) is 14.6 Å². The molecule has 1 fully saturated rings. The zero-order valence-corrected chi connectivity index (χ0v) is 14.2. The molecule has 1 aromatic carbocycles. The molecule has 1 unspecified atom stereocenters. The highest BCUT2D eigenvalue weighted by atomic mass is 32.2. The van der Waals surface area contributed by atoms with Crippen LogP contribution >= 0.6 is 0 Å². The third-order valence-electron chi connectivity index (χ3n) is 4.28. The standard InChI is InChI=1S/C17H24O6S/c1-2-6-15-14(17(20)16(23-15)9-12(19)10-18)11-24(21,22)13-7-4-3-5-8-13/h2-5,7-8,12,14-20H,1,6,9-11H2/t12-,14?,15-,16+,17+/m0/s1. The Kier molecular flexibility index (Phi) is 6.54. The van der Waals surface area contributed by atoms with E-state index in [2.05, 4.69) is 6.58 Å². The lowest BCUT2D eigenvalue weighted by atomic mass is 9.94. The maximum Gasteiger partial charge on any atom is 0.178 e. The zero-order valence-electron chi connectivity index (χ0n) is 13.4. The molecule has 0 aromatic heterocycles. The topological polar surface area (TPSA) is 104 Å². The number of ether oxygens (including phenoxy) is 1. The van der Waals surface area contributed by atoms with Crippen LogP contribution in [0.2, 0.25) is 0 Å². The minimum atomic E-state index is -3.57. The van der Waals surface area contributed by atoms with E-state index in [4.69, 9.17) is 9.84 Å². The summed E-state index contributed by atoms with van der Waals surface area (Å²) in [6.07, 6.45) is -1.19. The molecule has 0 aliphatic carbocycles. The summed E-state index contributed by atoms with van der Waals surface area (Å²) in [5, 5.41) is 29.0. The molecule has 1 aliphatic heterocycles. The largest absolute Gasteiger partial charge is 0.394 e. The van der Waals surface area contributed by atoms with E-state index in [-0.39, 0.29) is 17.1 Å². The van der Waals surface area contributed by atoms with E-state index in [1.165, 1.54) is 12.1 Å². The summed E-state index contributed by atoms with van der Waals surface area (Å²) < 4.78 is 30.9. The van der Waals surface area contributed by atoms with Crippen molar-refractivity contribution in [1.29, 1.82) is 0 Å². The van der Waals surface area contributed by atoms with Gasteiger partial charge in [0.05, 0.1) is 41.7 Å². The van der Waals surface area contributed by atoms with Crippen LogP contribution in [0.4, 0.5) is 0 Å². The Morgan fingerprint density at radius 2 is 1.92 bits per heavy atom. The van der Waals surface area contributed by atoms with Gasteiger partial charge in [0.15, 0.2) is 9.84 Å². The van der Waals surface area contributed by atoms with Crippen LogP contribution in [-0.4, -0.2) is 60.5 Å². The molecule has 1 heterocycles. The first-order valence-corrected chi connectivity index (χ1v) is 9.55. The molecule has 0 spiro atoms. The van der Waals surface area contributed by atoms with Gasteiger partial charge in [0.1, 0.15) is 0 Å². The van der Waals surface area contributed by atoms with E-state index in [0.29, 0.717) is 6.42 Å². The number of hydrogen-bond donors (Lipinski definition) is 3. The van der Waals surface area contributed by atoms with Crippen molar-refractivity contribution in [2.75, 3.05) is 12.4 Å². The SMILES string of the molecule is C=CC[C@@H]1O[C@H](C[C@H](O)CO)[C@H](O)C1CS(=O)(=O)c1ccccc1. The average Bonchev–Trinajstić information content (AvgIpc) is 2.84. The molecule has 24 heavy (non-hydrogen) atoms. The van der Waals surface area contributed by atoms with E-state index in [0.717, 1.165) is 0 Å². The fraction of sp³-hybridized carbons (Fsp3) is 0.529. The first-order chi connectivity index (χ1) is 11.4. The number of aliphatic hydroxyl groups is 3. The first kappa shape index (κ1) is 19.1. The maximum absolute atomic E-state index is 12.6. The molecule has 2 rings (SSSR count). The molecule has 1 aliphatic rings. The summed E-state index contributed by atoms with van der Waals surface area (Å²) in [6, 6.07) is 8.08. The molecule has 3 N–H and O–H groups in total. The van der Waals surface area contributed by atoms with Crippen LogP contribution in [0.25, 0.3) is 0 Å². The van der Waals surface area contributed by atoms with Crippen LogP contribution < -0.4 is 0 Å². The third-order valence-corrected chi connectivity index (χ3v) is 6.09. The van der Waals surface area contributed by atoms with Crippen molar-refractivity contribution in [1.82, 2.24) is 0 Å². The third kappa shape index (κ3) is 4.43. The smallest absolute Gasteiger partial charge is 0.178 e. The summed E-state index contributed by atoms with van der Waals surface area (Å²) >= 11 is 0. The van der Waals surface area contributed by atoms with Crippen molar-refractivity contribution in [2.45, 2.75) is 42.2 Å². The predicted molar refractivity (Wildman–Crippen MR) is 89.2 cm³/mol. The van der Waals surface area contributed by atoms with Gasteiger partial charge in [0.25, 0.3) is 0 Å². The molecule has 1 aromatic rings. The summed E-state index contributed by atoms with van der Waals surface area (Å²) in [5.74, 6) is -0.869. The van der Waals surface area contributed by atoms with E-state index in [1.807, 2.05) is 0 Å². The van der Waals surface area contributed by atoms with E-state index >= 15 is 0 Å². The maximum atomic E-state index is 12.6. The molecule has 6 nitrogen and oxygen atoms in total. The molecule has 134 valence electrons. The van der Waals surface area contributed by atoms with Crippen LogP contribution in [0, 0.1) is 5.92 Å².